The molecule has 2 rings (SSSR count). The molecule has 1 nitrogen and oxygen atoms in total. The predicted molar refractivity (Wildman–Crippen MR) is 59.7 cm³/mol. The molecule has 1 aromatic rings. The van der Waals surface area contributed by atoms with Gasteiger partial charge in [-0.15, -0.1) is 11.8 Å². The fourth-order valence-electron chi connectivity index (χ4n) is 1.29. The number of carbonyl (C=O) groups is 1. The van der Waals surface area contributed by atoms with Gasteiger partial charge in [0.25, 0.3) is 0 Å². The van der Waals surface area contributed by atoms with E-state index in [1.807, 2.05) is 12.1 Å². The summed E-state index contributed by atoms with van der Waals surface area (Å²) in [6.45, 7) is 0. The minimum atomic E-state index is 0.276. The van der Waals surface area contributed by atoms with Crippen LogP contribution in [0.5, 0.6) is 0 Å². The fourth-order valence-corrected chi connectivity index (χ4v) is 2.74. The fraction of sp³-hybridized carbons (Fsp3) is 0.222. The summed E-state index contributed by atoms with van der Waals surface area (Å²) in [5.41, 5.74) is 2.12. The molecule has 0 spiro atoms. The second-order valence-corrected chi connectivity index (χ2v) is 4.95. The zero-order valence-corrected chi connectivity index (χ0v) is 9.31. The van der Waals surface area contributed by atoms with Gasteiger partial charge in [0.1, 0.15) is 0 Å². The summed E-state index contributed by atoms with van der Waals surface area (Å²) < 4.78 is 1.21. The lowest BCUT2D eigenvalue weighted by Gasteiger charge is -2.13. The maximum Gasteiger partial charge on any atom is 0.173 e. The molecule has 0 aromatic heterocycles. The van der Waals surface area contributed by atoms with E-state index >= 15 is 0 Å². The third-order valence-corrected chi connectivity index (χ3v) is 3.51. The number of rotatable bonds is 0. The first-order valence-electron chi connectivity index (χ1n) is 3.67. The summed E-state index contributed by atoms with van der Waals surface area (Å²) in [5, 5.41) is 0. The van der Waals surface area contributed by atoms with Crippen LogP contribution in [-0.4, -0.2) is 11.5 Å². The molecular weight excluding hydrogens is 283 g/mol. The summed E-state index contributed by atoms with van der Waals surface area (Å²) in [6, 6.07) is 6.03. The highest BCUT2D eigenvalue weighted by atomic mass is 127. The van der Waals surface area contributed by atoms with E-state index in [9.17, 15) is 4.79 Å². The Balaban J connectivity index is 2.53. The van der Waals surface area contributed by atoms with Crippen LogP contribution in [0, 0.1) is 3.57 Å². The van der Waals surface area contributed by atoms with Crippen molar-refractivity contribution in [1.82, 2.24) is 0 Å². The van der Waals surface area contributed by atoms with E-state index in [1.165, 1.54) is 9.13 Å². The molecule has 1 aliphatic rings. The number of hydrogen-bond donors (Lipinski definition) is 0. The lowest BCUT2D eigenvalue weighted by atomic mass is 10.1. The monoisotopic (exact) mass is 290 g/mol. The number of fused-ring (bicyclic) bond motifs is 1. The average Bonchev–Trinajstić information content (AvgIpc) is 2.04. The molecule has 1 aliphatic heterocycles. The van der Waals surface area contributed by atoms with E-state index < -0.39 is 0 Å². The Morgan fingerprint density at radius 2 is 2.17 bits per heavy atom. The molecule has 0 radical (unpaired) electrons. The van der Waals surface area contributed by atoms with Crippen LogP contribution in [0.15, 0.2) is 18.2 Å². The molecule has 0 saturated carbocycles. The maximum absolute atomic E-state index is 11.4. The van der Waals surface area contributed by atoms with Gasteiger partial charge in [-0.05, 0) is 40.3 Å². The second kappa shape index (κ2) is 3.38. The Morgan fingerprint density at radius 1 is 1.33 bits per heavy atom. The van der Waals surface area contributed by atoms with Crippen LogP contribution in [0.2, 0.25) is 0 Å². The van der Waals surface area contributed by atoms with E-state index in [-0.39, 0.29) is 5.78 Å². The van der Waals surface area contributed by atoms with E-state index in [1.54, 1.807) is 11.8 Å². The van der Waals surface area contributed by atoms with Gasteiger partial charge in [0.15, 0.2) is 5.78 Å². The van der Waals surface area contributed by atoms with Crippen LogP contribution in [0.4, 0.5) is 0 Å². The SMILES string of the molecule is O=C1CSCc2cc(I)ccc21. The predicted octanol–water partition coefficient (Wildman–Crippen LogP) is 2.72. The second-order valence-electron chi connectivity index (χ2n) is 2.72. The molecule has 0 fully saturated rings. The first-order valence-corrected chi connectivity index (χ1v) is 5.90. The number of thioether (sulfide) groups is 1. The Kier molecular flexibility index (Phi) is 2.41. The van der Waals surface area contributed by atoms with Crippen LogP contribution >= 0.6 is 34.4 Å². The van der Waals surface area contributed by atoms with E-state index in [2.05, 4.69) is 28.7 Å². The molecule has 0 unspecified atom stereocenters. The zero-order chi connectivity index (χ0) is 8.55. The topological polar surface area (TPSA) is 17.1 Å². The summed E-state index contributed by atoms with van der Waals surface area (Å²) in [4.78, 5) is 11.4. The number of benzene rings is 1. The molecule has 12 heavy (non-hydrogen) atoms. The van der Waals surface area contributed by atoms with Crippen molar-refractivity contribution >= 4 is 40.1 Å². The minimum Gasteiger partial charge on any atom is -0.293 e. The molecule has 0 atom stereocenters. The summed E-state index contributed by atoms with van der Waals surface area (Å²) in [6.07, 6.45) is 0. The third kappa shape index (κ3) is 1.52. The average molecular weight is 290 g/mol. The molecule has 0 N–H and O–H groups in total. The first kappa shape index (κ1) is 8.56. The van der Waals surface area contributed by atoms with Gasteiger partial charge in [-0.25, -0.2) is 0 Å². The number of hydrogen-bond acceptors (Lipinski definition) is 2. The molecule has 0 saturated heterocycles. The molecular formula is C9H7IOS. The molecule has 0 bridgehead atoms. The lowest BCUT2D eigenvalue weighted by Crippen LogP contribution is -2.11. The minimum absolute atomic E-state index is 0.276. The Hall–Kier alpha value is -0.0300. The van der Waals surface area contributed by atoms with Crippen molar-refractivity contribution in [2.24, 2.45) is 0 Å². The van der Waals surface area contributed by atoms with Gasteiger partial charge in [0, 0.05) is 14.9 Å². The van der Waals surface area contributed by atoms with E-state index in [0.29, 0.717) is 5.75 Å². The van der Waals surface area contributed by atoms with Crippen molar-refractivity contribution in [3.63, 3.8) is 0 Å². The Labute approximate surface area is 89.1 Å². The molecule has 0 aliphatic carbocycles. The van der Waals surface area contributed by atoms with Gasteiger partial charge in [-0.1, -0.05) is 6.07 Å². The number of carbonyl (C=O) groups excluding carboxylic acids is 1. The van der Waals surface area contributed by atoms with Gasteiger partial charge in [0.05, 0.1) is 5.75 Å². The van der Waals surface area contributed by atoms with E-state index in [0.717, 1.165) is 11.3 Å². The first-order chi connectivity index (χ1) is 5.77. The summed E-state index contributed by atoms with van der Waals surface area (Å²) in [7, 11) is 0. The van der Waals surface area contributed by atoms with Crippen molar-refractivity contribution < 1.29 is 4.79 Å². The van der Waals surface area contributed by atoms with Crippen molar-refractivity contribution in [3.8, 4) is 0 Å². The Morgan fingerprint density at radius 3 is 3.00 bits per heavy atom. The van der Waals surface area contributed by atoms with E-state index in [4.69, 9.17) is 0 Å². The van der Waals surface area contributed by atoms with Crippen molar-refractivity contribution in [2.75, 3.05) is 5.75 Å². The molecule has 1 heterocycles. The largest absolute Gasteiger partial charge is 0.293 e. The van der Waals surface area contributed by atoms with Crippen LogP contribution in [0.25, 0.3) is 0 Å². The van der Waals surface area contributed by atoms with Gasteiger partial charge < -0.3 is 0 Å². The van der Waals surface area contributed by atoms with Gasteiger partial charge in [-0.2, -0.15) is 0 Å². The molecule has 62 valence electrons. The highest BCUT2D eigenvalue weighted by Gasteiger charge is 2.16. The van der Waals surface area contributed by atoms with Crippen molar-refractivity contribution in [2.45, 2.75) is 5.75 Å². The van der Waals surface area contributed by atoms with Crippen molar-refractivity contribution in [3.05, 3.63) is 32.9 Å². The van der Waals surface area contributed by atoms with Gasteiger partial charge in [0.2, 0.25) is 0 Å². The lowest BCUT2D eigenvalue weighted by molar-refractivity contribution is 0.102. The Bertz CT molecular complexity index is 335. The number of ketones is 1. The standard InChI is InChI=1S/C9H7IOS/c10-7-1-2-8-6(3-7)4-12-5-9(8)11/h1-3H,4-5H2. The highest BCUT2D eigenvalue weighted by Crippen LogP contribution is 2.25. The zero-order valence-electron chi connectivity index (χ0n) is 6.34. The van der Waals surface area contributed by atoms with Crippen LogP contribution in [-0.2, 0) is 5.75 Å². The van der Waals surface area contributed by atoms with Crippen LogP contribution in [0.3, 0.4) is 0 Å². The van der Waals surface area contributed by atoms with Crippen LogP contribution < -0.4 is 0 Å². The smallest absolute Gasteiger partial charge is 0.173 e. The van der Waals surface area contributed by atoms with Crippen LogP contribution in [0.1, 0.15) is 15.9 Å². The van der Waals surface area contributed by atoms with Gasteiger partial charge >= 0.3 is 0 Å². The quantitative estimate of drug-likeness (QED) is 0.683. The molecule has 1 aromatic carbocycles. The maximum atomic E-state index is 11.4. The number of halogens is 1. The summed E-state index contributed by atoms with van der Waals surface area (Å²) in [5.74, 6) is 1.91. The molecule has 3 heteroatoms. The molecule has 0 amide bonds. The number of Topliss-reactive ketones (excluding diaryl/α,β-unsaturated/α-hetero) is 1. The highest BCUT2D eigenvalue weighted by molar-refractivity contribution is 14.1. The van der Waals surface area contributed by atoms with Gasteiger partial charge in [-0.3, -0.25) is 4.79 Å². The summed E-state index contributed by atoms with van der Waals surface area (Å²) >= 11 is 3.97. The third-order valence-electron chi connectivity index (χ3n) is 1.86. The normalized spacial score (nSPS) is 15.9. The van der Waals surface area contributed by atoms with Crippen molar-refractivity contribution in [1.29, 1.82) is 0 Å².